The summed E-state index contributed by atoms with van der Waals surface area (Å²) in [5.41, 5.74) is 2.58. The fraction of sp³-hybridized carbons (Fsp3) is 0.118. The normalized spacial score (nSPS) is 10.3. The fourth-order valence-corrected chi connectivity index (χ4v) is 2.59. The number of carbonyl (C=O) groups is 1. The smallest absolute Gasteiger partial charge is 0.257 e. The van der Waals surface area contributed by atoms with Crippen LogP contribution in [-0.2, 0) is 0 Å². The first-order valence-corrected chi connectivity index (χ1v) is 7.79. The van der Waals surface area contributed by atoms with E-state index in [2.05, 4.69) is 14.7 Å². The van der Waals surface area contributed by atoms with Crippen LogP contribution in [0.3, 0.4) is 0 Å². The third-order valence-corrected chi connectivity index (χ3v) is 3.94. The van der Waals surface area contributed by atoms with Crippen LogP contribution in [0.2, 0.25) is 0 Å². The second-order valence-electron chi connectivity index (χ2n) is 4.97. The molecule has 0 saturated heterocycles. The van der Waals surface area contributed by atoms with Crippen LogP contribution < -0.4 is 10.1 Å². The van der Waals surface area contributed by atoms with Gasteiger partial charge in [-0.05, 0) is 43.3 Å². The van der Waals surface area contributed by atoms with Crippen molar-refractivity contribution in [2.24, 2.45) is 0 Å². The fourth-order valence-electron chi connectivity index (χ4n) is 2.01. The van der Waals surface area contributed by atoms with Crippen LogP contribution in [0.4, 0.5) is 5.13 Å². The number of hydrogen-bond donors (Lipinski definition) is 1. The lowest BCUT2D eigenvalue weighted by Gasteiger charge is -2.01. The van der Waals surface area contributed by atoms with Crippen LogP contribution in [-0.4, -0.2) is 22.4 Å². The zero-order valence-corrected chi connectivity index (χ0v) is 13.6. The number of benzene rings is 2. The minimum atomic E-state index is -0.192. The molecule has 0 spiro atoms. The number of aryl methyl sites for hydroxylation is 1. The van der Waals surface area contributed by atoms with Gasteiger partial charge in [0.15, 0.2) is 5.82 Å². The first-order chi connectivity index (χ1) is 11.2. The highest BCUT2D eigenvalue weighted by atomic mass is 32.1. The molecule has 1 amide bonds. The van der Waals surface area contributed by atoms with E-state index in [0.717, 1.165) is 28.4 Å². The molecule has 1 N–H and O–H groups in total. The molecule has 0 aliphatic carbocycles. The summed E-state index contributed by atoms with van der Waals surface area (Å²) in [6.45, 7) is 1.98. The molecule has 0 unspecified atom stereocenters. The van der Waals surface area contributed by atoms with E-state index >= 15 is 0 Å². The second-order valence-corrected chi connectivity index (χ2v) is 5.72. The third kappa shape index (κ3) is 3.54. The molecule has 1 aromatic heterocycles. The second kappa shape index (κ2) is 6.58. The Morgan fingerprint density at radius 2 is 1.78 bits per heavy atom. The summed E-state index contributed by atoms with van der Waals surface area (Å²) in [4.78, 5) is 16.5. The molecule has 1 heterocycles. The molecule has 0 fully saturated rings. The summed E-state index contributed by atoms with van der Waals surface area (Å²) in [6.07, 6.45) is 0. The Balaban J connectivity index is 1.73. The number of rotatable bonds is 4. The molecule has 0 aliphatic rings. The summed E-state index contributed by atoms with van der Waals surface area (Å²) in [7, 11) is 1.62. The quantitative estimate of drug-likeness (QED) is 0.793. The molecule has 0 radical (unpaired) electrons. The first-order valence-electron chi connectivity index (χ1n) is 7.02. The highest BCUT2D eigenvalue weighted by Crippen LogP contribution is 2.23. The van der Waals surface area contributed by atoms with E-state index in [4.69, 9.17) is 4.74 Å². The van der Waals surface area contributed by atoms with Gasteiger partial charge in [0.05, 0.1) is 7.11 Å². The monoisotopic (exact) mass is 325 g/mol. The molecule has 5 nitrogen and oxygen atoms in total. The van der Waals surface area contributed by atoms with Crippen molar-refractivity contribution in [2.45, 2.75) is 6.92 Å². The first kappa shape index (κ1) is 15.2. The molecule has 3 aromatic rings. The van der Waals surface area contributed by atoms with Gasteiger partial charge in [-0.3, -0.25) is 10.1 Å². The molecular weight excluding hydrogens is 310 g/mol. The van der Waals surface area contributed by atoms with Gasteiger partial charge in [-0.1, -0.05) is 17.7 Å². The predicted octanol–water partition coefficient (Wildman–Crippen LogP) is 3.77. The zero-order valence-electron chi connectivity index (χ0n) is 12.7. The Hall–Kier alpha value is -2.73. The minimum Gasteiger partial charge on any atom is -0.497 e. The van der Waals surface area contributed by atoms with Gasteiger partial charge >= 0.3 is 0 Å². The van der Waals surface area contributed by atoms with Crippen molar-refractivity contribution in [2.75, 3.05) is 12.4 Å². The standard InChI is InChI=1S/C17H15N3O2S/c1-11-3-5-13(6-4-11)16(21)19-17-18-15(20-23-17)12-7-9-14(22-2)10-8-12/h3-10H,1-2H3,(H,18,19,20,21). The van der Waals surface area contributed by atoms with Crippen molar-refractivity contribution in [1.82, 2.24) is 9.36 Å². The van der Waals surface area contributed by atoms with E-state index in [9.17, 15) is 4.79 Å². The lowest BCUT2D eigenvalue weighted by molar-refractivity contribution is 0.102. The van der Waals surface area contributed by atoms with Crippen molar-refractivity contribution >= 4 is 22.6 Å². The summed E-state index contributed by atoms with van der Waals surface area (Å²) >= 11 is 1.16. The number of nitrogens with zero attached hydrogens (tertiary/aromatic N) is 2. The van der Waals surface area contributed by atoms with Gasteiger partial charge in [0.25, 0.3) is 5.91 Å². The third-order valence-electron chi connectivity index (χ3n) is 3.31. The summed E-state index contributed by atoms with van der Waals surface area (Å²) in [5.74, 6) is 1.16. The van der Waals surface area contributed by atoms with Crippen molar-refractivity contribution in [3.63, 3.8) is 0 Å². The van der Waals surface area contributed by atoms with E-state index in [0.29, 0.717) is 16.5 Å². The van der Waals surface area contributed by atoms with Crippen molar-refractivity contribution < 1.29 is 9.53 Å². The Morgan fingerprint density at radius 3 is 2.43 bits per heavy atom. The Morgan fingerprint density at radius 1 is 1.09 bits per heavy atom. The van der Waals surface area contributed by atoms with Crippen LogP contribution in [0.25, 0.3) is 11.4 Å². The lowest BCUT2D eigenvalue weighted by Crippen LogP contribution is -2.11. The Bertz CT molecular complexity index is 811. The Labute approximate surface area is 138 Å². The molecule has 2 aromatic carbocycles. The zero-order chi connectivity index (χ0) is 16.2. The summed E-state index contributed by atoms with van der Waals surface area (Å²) < 4.78 is 9.40. The van der Waals surface area contributed by atoms with E-state index in [1.54, 1.807) is 19.2 Å². The number of ether oxygens (including phenoxy) is 1. The van der Waals surface area contributed by atoms with Crippen LogP contribution in [0, 0.1) is 6.92 Å². The van der Waals surface area contributed by atoms with Crippen LogP contribution in [0.1, 0.15) is 15.9 Å². The predicted molar refractivity (Wildman–Crippen MR) is 91.0 cm³/mol. The minimum absolute atomic E-state index is 0.192. The van der Waals surface area contributed by atoms with Gasteiger partial charge in [-0.15, -0.1) is 0 Å². The maximum absolute atomic E-state index is 12.2. The van der Waals surface area contributed by atoms with Crippen LogP contribution in [0.15, 0.2) is 48.5 Å². The lowest BCUT2D eigenvalue weighted by atomic mass is 10.1. The highest BCUT2D eigenvalue weighted by Gasteiger charge is 2.11. The maximum atomic E-state index is 12.2. The average molecular weight is 325 g/mol. The Kier molecular flexibility index (Phi) is 4.34. The molecule has 0 bridgehead atoms. The van der Waals surface area contributed by atoms with Gasteiger partial charge in [0.2, 0.25) is 5.13 Å². The van der Waals surface area contributed by atoms with E-state index < -0.39 is 0 Å². The molecule has 0 aliphatic heterocycles. The largest absolute Gasteiger partial charge is 0.497 e. The highest BCUT2D eigenvalue weighted by molar-refractivity contribution is 7.10. The topological polar surface area (TPSA) is 64.1 Å². The van der Waals surface area contributed by atoms with Gasteiger partial charge in [-0.2, -0.15) is 9.36 Å². The van der Waals surface area contributed by atoms with Gasteiger partial charge in [0, 0.05) is 22.7 Å². The van der Waals surface area contributed by atoms with Gasteiger partial charge in [-0.25, -0.2) is 0 Å². The van der Waals surface area contributed by atoms with Crippen molar-refractivity contribution in [3.8, 4) is 17.1 Å². The van der Waals surface area contributed by atoms with E-state index in [1.165, 1.54) is 0 Å². The molecule has 0 saturated carbocycles. The number of anilines is 1. The number of carbonyl (C=O) groups excluding carboxylic acids is 1. The summed E-state index contributed by atoms with van der Waals surface area (Å²) in [6, 6.07) is 14.8. The van der Waals surface area contributed by atoms with E-state index in [1.807, 2.05) is 43.3 Å². The molecule has 0 atom stereocenters. The van der Waals surface area contributed by atoms with Gasteiger partial charge in [0.1, 0.15) is 5.75 Å². The molecule has 116 valence electrons. The molecule has 6 heteroatoms. The number of hydrogen-bond acceptors (Lipinski definition) is 5. The summed E-state index contributed by atoms with van der Waals surface area (Å²) in [5, 5.41) is 3.25. The maximum Gasteiger partial charge on any atom is 0.257 e. The van der Waals surface area contributed by atoms with E-state index in [-0.39, 0.29) is 5.91 Å². The number of nitrogens with one attached hydrogen (secondary N) is 1. The number of aromatic nitrogens is 2. The average Bonchev–Trinajstić information content (AvgIpc) is 3.04. The molecular formula is C17H15N3O2S. The van der Waals surface area contributed by atoms with Crippen molar-refractivity contribution in [1.29, 1.82) is 0 Å². The molecule has 23 heavy (non-hydrogen) atoms. The van der Waals surface area contributed by atoms with Gasteiger partial charge < -0.3 is 4.74 Å². The SMILES string of the molecule is COc1ccc(-c2nsc(NC(=O)c3ccc(C)cc3)n2)cc1. The number of methoxy groups -OCH3 is 1. The number of amides is 1. The van der Waals surface area contributed by atoms with Crippen LogP contribution in [0.5, 0.6) is 5.75 Å². The molecule has 3 rings (SSSR count). The van der Waals surface area contributed by atoms with Crippen LogP contribution >= 0.6 is 11.5 Å². The van der Waals surface area contributed by atoms with Crippen molar-refractivity contribution in [3.05, 3.63) is 59.7 Å².